The van der Waals surface area contributed by atoms with Crippen LogP contribution >= 0.6 is 0 Å². The Morgan fingerprint density at radius 2 is 2.25 bits per heavy atom. The van der Waals surface area contributed by atoms with Gasteiger partial charge in [0.15, 0.2) is 0 Å². The average molecular weight is 239 g/mol. The van der Waals surface area contributed by atoms with E-state index in [4.69, 9.17) is 0 Å². The zero-order chi connectivity index (χ0) is 12.3. The highest BCUT2D eigenvalue weighted by molar-refractivity contribution is 5.94. The van der Waals surface area contributed by atoms with Crippen molar-refractivity contribution in [2.45, 2.75) is 19.3 Å². The quantitative estimate of drug-likeness (QED) is 0.779. The standard InChI is InChI=1S/C8H9F4N3O/c1-4-5(2-14-15-4)6(16)13-3-8(11,12)7(9)10/h2,7H,3H2,1H3,(H,13,16)(H,14,15). The van der Waals surface area contributed by atoms with E-state index in [0.717, 1.165) is 6.20 Å². The monoisotopic (exact) mass is 239 g/mol. The number of hydrogen-bond acceptors (Lipinski definition) is 2. The van der Waals surface area contributed by atoms with Crippen molar-refractivity contribution in [1.82, 2.24) is 15.5 Å². The first-order valence-corrected chi connectivity index (χ1v) is 4.28. The molecule has 0 spiro atoms. The van der Waals surface area contributed by atoms with Crippen LogP contribution in [0.1, 0.15) is 16.1 Å². The van der Waals surface area contributed by atoms with Gasteiger partial charge in [-0.25, -0.2) is 8.78 Å². The molecule has 0 aliphatic rings. The topological polar surface area (TPSA) is 57.8 Å². The number of hydrogen-bond donors (Lipinski definition) is 2. The molecule has 0 unspecified atom stereocenters. The minimum Gasteiger partial charge on any atom is -0.346 e. The van der Waals surface area contributed by atoms with E-state index in [2.05, 4.69) is 10.2 Å². The van der Waals surface area contributed by atoms with Crippen LogP contribution in [0.2, 0.25) is 0 Å². The molecule has 1 rings (SSSR count). The highest BCUT2D eigenvalue weighted by Crippen LogP contribution is 2.21. The van der Waals surface area contributed by atoms with Gasteiger partial charge in [-0.2, -0.15) is 13.9 Å². The van der Waals surface area contributed by atoms with Gasteiger partial charge >= 0.3 is 12.3 Å². The van der Waals surface area contributed by atoms with Crippen molar-refractivity contribution in [3.63, 3.8) is 0 Å². The number of H-pyrrole nitrogens is 1. The number of nitrogens with zero attached hydrogens (tertiary/aromatic N) is 1. The first-order chi connectivity index (χ1) is 7.34. The van der Waals surface area contributed by atoms with E-state index in [9.17, 15) is 22.4 Å². The number of halogens is 4. The van der Waals surface area contributed by atoms with Crippen LogP contribution in [0.15, 0.2) is 6.20 Å². The van der Waals surface area contributed by atoms with E-state index >= 15 is 0 Å². The fourth-order valence-electron chi connectivity index (χ4n) is 0.950. The minimum atomic E-state index is -4.23. The lowest BCUT2D eigenvalue weighted by molar-refractivity contribution is -0.123. The molecule has 1 amide bonds. The van der Waals surface area contributed by atoms with Gasteiger partial charge in [0.2, 0.25) is 0 Å². The van der Waals surface area contributed by atoms with E-state index in [-0.39, 0.29) is 5.56 Å². The summed E-state index contributed by atoms with van der Waals surface area (Å²) in [5.74, 6) is -5.10. The molecule has 2 N–H and O–H groups in total. The molecule has 0 atom stereocenters. The Bertz CT molecular complexity index is 377. The van der Waals surface area contributed by atoms with Gasteiger partial charge < -0.3 is 5.32 Å². The second kappa shape index (κ2) is 4.50. The number of rotatable bonds is 4. The predicted octanol–water partition coefficient (Wildman–Crippen LogP) is 1.35. The van der Waals surface area contributed by atoms with Gasteiger partial charge in [-0.3, -0.25) is 9.89 Å². The Morgan fingerprint density at radius 3 is 2.69 bits per heavy atom. The average Bonchev–Trinajstić information content (AvgIpc) is 2.61. The highest BCUT2D eigenvalue weighted by Gasteiger charge is 2.40. The van der Waals surface area contributed by atoms with Crippen molar-refractivity contribution >= 4 is 5.91 Å². The zero-order valence-electron chi connectivity index (χ0n) is 8.23. The molecular weight excluding hydrogens is 230 g/mol. The normalized spacial score (nSPS) is 11.9. The number of alkyl halides is 4. The lowest BCUT2D eigenvalue weighted by atomic mass is 10.2. The van der Waals surface area contributed by atoms with E-state index in [0.29, 0.717) is 5.69 Å². The van der Waals surface area contributed by atoms with Crippen LogP contribution in [0.25, 0.3) is 0 Å². The van der Waals surface area contributed by atoms with E-state index in [1.807, 2.05) is 0 Å². The van der Waals surface area contributed by atoms with Gasteiger partial charge in [-0.15, -0.1) is 0 Å². The first kappa shape index (κ1) is 12.5. The van der Waals surface area contributed by atoms with Crippen LogP contribution in [0.4, 0.5) is 17.6 Å². The van der Waals surface area contributed by atoms with Crippen molar-refractivity contribution in [3.8, 4) is 0 Å². The number of nitrogens with one attached hydrogen (secondary N) is 2. The molecule has 16 heavy (non-hydrogen) atoms. The Labute approximate surface area is 88.0 Å². The third kappa shape index (κ3) is 2.71. The SMILES string of the molecule is Cc1[nH]ncc1C(=O)NCC(F)(F)C(F)F. The molecule has 1 aromatic rings. The number of amides is 1. The molecule has 0 radical (unpaired) electrons. The Hall–Kier alpha value is -1.60. The molecule has 4 nitrogen and oxygen atoms in total. The van der Waals surface area contributed by atoms with Crippen LogP contribution in [-0.2, 0) is 0 Å². The van der Waals surface area contributed by atoms with Gasteiger partial charge in [-0.1, -0.05) is 0 Å². The summed E-state index contributed by atoms with van der Waals surface area (Å²) in [7, 11) is 0. The summed E-state index contributed by atoms with van der Waals surface area (Å²) in [5, 5.41) is 7.64. The molecule has 0 saturated heterocycles. The molecule has 0 bridgehead atoms. The Balaban J connectivity index is 2.58. The number of carbonyl (C=O) groups is 1. The van der Waals surface area contributed by atoms with Crippen molar-refractivity contribution in [3.05, 3.63) is 17.5 Å². The number of aryl methyl sites for hydroxylation is 1. The third-order valence-electron chi connectivity index (χ3n) is 1.88. The third-order valence-corrected chi connectivity index (χ3v) is 1.88. The van der Waals surface area contributed by atoms with Crippen molar-refractivity contribution in [2.24, 2.45) is 0 Å². The van der Waals surface area contributed by atoms with Crippen LogP contribution in [0.3, 0.4) is 0 Å². The summed E-state index contributed by atoms with van der Waals surface area (Å²) in [6.07, 6.45) is -2.68. The van der Waals surface area contributed by atoms with Gasteiger partial charge in [0, 0.05) is 5.69 Å². The Kier molecular flexibility index (Phi) is 3.51. The molecule has 0 fully saturated rings. The van der Waals surface area contributed by atoms with Gasteiger partial charge in [0.25, 0.3) is 5.91 Å². The summed E-state index contributed by atoms with van der Waals surface area (Å²) in [6.45, 7) is 0.0985. The summed E-state index contributed by atoms with van der Waals surface area (Å²) in [5.41, 5.74) is 0.419. The molecule has 0 aromatic carbocycles. The van der Waals surface area contributed by atoms with Gasteiger partial charge in [-0.05, 0) is 6.92 Å². The number of aromatic nitrogens is 2. The van der Waals surface area contributed by atoms with Crippen molar-refractivity contribution in [1.29, 1.82) is 0 Å². The first-order valence-electron chi connectivity index (χ1n) is 4.28. The van der Waals surface area contributed by atoms with Crippen LogP contribution in [0, 0.1) is 6.92 Å². The molecule has 1 aromatic heterocycles. The second-order valence-electron chi connectivity index (χ2n) is 3.15. The molecule has 90 valence electrons. The van der Waals surface area contributed by atoms with E-state index < -0.39 is 24.8 Å². The van der Waals surface area contributed by atoms with Crippen LogP contribution in [-0.4, -0.2) is 35.0 Å². The predicted molar refractivity (Wildman–Crippen MR) is 46.6 cm³/mol. The smallest absolute Gasteiger partial charge is 0.324 e. The second-order valence-corrected chi connectivity index (χ2v) is 3.15. The molecule has 1 heterocycles. The Morgan fingerprint density at radius 1 is 1.62 bits per heavy atom. The summed E-state index contributed by atoms with van der Waals surface area (Å²) in [4.78, 5) is 11.2. The lowest BCUT2D eigenvalue weighted by Crippen LogP contribution is -2.41. The fourth-order valence-corrected chi connectivity index (χ4v) is 0.950. The van der Waals surface area contributed by atoms with Crippen LogP contribution < -0.4 is 5.32 Å². The maximum absolute atomic E-state index is 12.5. The maximum Gasteiger partial charge on any atom is 0.324 e. The van der Waals surface area contributed by atoms with E-state index in [1.54, 1.807) is 5.32 Å². The lowest BCUT2D eigenvalue weighted by Gasteiger charge is -2.15. The largest absolute Gasteiger partial charge is 0.346 e. The summed E-state index contributed by atoms with van der Waals surface area (Å²) >= 11 is 0. The van der Waals surface area contributed by atoms with E-state index in [1.165, 1.54) is 6.92 Å². The van der Waals surface area contributed by atoms with Gasteiger partial charge in [0.05, 0.1) is 18.3 Å². The molecule has 0 aliphatic carbocycles. The summed E-state index contributed by atoms with van der Waals surface area (Å²) in [6, 6.07) is 0. The summed E-state index contributed by atoms with van der Waals surface area (Å²) < 4.78 is 48.5. The molecule has 0 aliphatic heterocycles. The molecular formula is C8H9F4N3O. The number of aromatic amines is 1. The molecule has 0 saturated carbocycles. The highest BCUT2D eigenvalue weighted by atomic mass is 19.3. The van der Waals surface area contributed by atoms with Crippen molar-refractivity contribution < 1.29 is 22.4 Å². The maximum atomic E-state index is 12.5. The fraction of sp³-hybridized carbons (Fsp3) is 0.500. The minimum absolute atomic E-state index is 0.0464. The van der Waals surface area contributed by atoms with Gasteiger partial charge in [0.1, 0.15) is 0 Å². The molecule has 8 heteroatoms. The van der Waals surface area contributed by atoms with Crippen molar-refractivity contribution in [2.75, 3.05) is 6.54 Å². The van der Waals surface area contributed by atoms with Crippen LogP contribution in [0.5, 0.6) is 0 Å². The zero-order valence-corrected chi connectivity index (χ0v) is 8.23. The number of carbonyl (C=O) groups excluding carboxylic acids is 1.